The van der Waals surface area contributed by atoms with Gasteiger partial charge in [0.15, 0.2) is 0 Å². The van der Waals surface area contributed by atoms with Gasteiger partial charge in [0, 0.05) is 23.5 Å². The van der Waals surface area contributed by atoms with Gasteiger partial charge in [0.05, 0.1) is 19.3 Å². The first-order valence-electron chi connectivity index (χ1n) is 9.08. The zero-order valence-electron chi connectivity index (χ0n) is 15.4. The van der Waals surface area contributed by atoms with Crippen LogP contribution in [0.5, 0.6) is 5.88 Å². The maximum absolute atomic E-state index is 12.8. The SMILES string of the molecule is COc1ccc(C(NC(=O)c2ccc(-n3cnnc3)cc2)C2CC(O)C2)cn1. The Bertz CT molecular complexity index is 919. The number of aliphatic hydroxyl groups excluding tert-OH is 1. The number of nitrogens with zero attached hydrogens (tertiary/aromatic N) is 4. The van der Waals surface area contributed by atoms with Crippen LogP contribution < -0.4 is 10.1 Å². The van der Waals surface area contributed by atoms with Crippen LogP contribution in [0.2, 0.25) is 0 Å². The number of nitrogens with one attached hydrogen (secondary N) is 1. The molecule has 1 unspecified atom stereocenters. The lowest BCUT2D eigenvalue weighted by Gasteiger charge is -2.38. The van der Waals surface area contributed by atoms with Gasteiger partial charge in [0.25, 0.3) is 5.91 Å². The van der Waals surface area contributed by atoms with Crippen molar-refractivity contribution in [2.45, 2.75) is 25.0 Å². The molecule has 0 spiro atoms. The lowest BCUT2D eigenvalue weighted by atomic mass is 9.75. The molecule has 1 aliphatic carbocycles. The Labute approximate surface area is 162 Å². The van der Waals surface area contributed by atoms with Crippen LogP contribution in [0.1, 0.15) is 34.8 Å². The molecular formula is C20H21N5O3. The highest BCUT2D eigenvalue weighted by atomic mass is 16.5. The molecule has 144 valence electrons. The topological polar surface area (TPSA) is 102 Å². The molecule has 0 aliphatic heterocycles. The number of rotatable bonds is 6. The Kier molecular flexibility index (Phi) is 5.03. The van der Waals surface area contributed by atoms with Gasteiger partial charge in [-0.05, 0) is 48.6 Å². The summed E-state index contributed by atoms with van der Waals surface area (Å²) in [6.07, 6.45) is 5.92. The third-order valence-electron chi connectivity index (χ3n) is 5.08. The van der Waals surface area contributed by atoms with Crippen molar-refractivity contribution in [1.29, 1.82) is 0 Å². The summed E-state index contributed by atoms with van der Waals surface area (Å²) in [4.78, 5) is 17.1. The third kappa shape index (κ3) is 3.72. The zero-order valence-corrected chi connectivity index (χ0v) is 15.4. The van der Waals surface area contributed by atoms with Crippen LogP contribution in [0.15, 0.2) is 55.2 Å². The summed E-state index contributed by atoms with van der Waals surface area (Å²) < 4.78 is 6.88. The highest BCUT2D eigenvalue weighted by Crippen LogP contribution is 2.38. The van der Waals surface area contributed by atoms with E-state index in [0.29, 0.717) is 24.3 Å². The summed E-state index contributed by atoms with van der Waals surface area (Å²) in [5.41, 5.74) is 2.33. The molecule has 2 N–H and O–H groups in total. The van der Waals surface area contributed by atoms with Gasteiger partial charge in [-0.3, -0.25) is 9.36 Å². The molecular weight excluding hydrogens is 358 g/mol. The fourth-order valence-corrected chi connectivity index (χ4v) is 3.42. The van der Waals surface area contributed by atoms with Crippen LogP contribution in [-0.4, -0.2) is 44.0 Å². The average molecular weight is 379 g/mol. The molecule has 1 atom stereocenters. The molecule has 8 heteroatoms. The Hall–Kier alpha value is -3.26. The van der Waals surface area contributed by atoms with Gasteiger partial charge in [-0.25, -0.2) is 4.98 Å². The molecule has 0 bridgehead atoms. The van der Waals surface area contributed by atoms with Gasteiger partial charge in [0.2, 0.25) is 5.88 Å². The molecule has 2 aromatic heterocycles. The van der Waals surface area contributed by atoms with Crippen molar-refractivity contribution in [2.24, 2.45) is 5.92 Å². The van der Waals surface area contributed by atoms with Gasteiger partial charge in [-0.15, -0.1) is 10.2 Å². The maximum Gasteiger partial charge on any atom is 0.251 e. The van der Waals surface area contributed by atoms with Crippen molar-refractivity contribution < 1.29 is 14.6 Å². The molecule has 1 aliphatic rings. The fraction of sp³-hybridized carbons (Fsp3) is 0.300. The lowest BCUT2D eigenvalue weighted by Crippen LogP contribution is -2.41. The first-order valence-corrected chi connectivity index (χ1v) is 9.08. The summed E-state index contributed by atoms with van der Waals surface area (Å²) in [5, 5.41) is 20.4. The van der Waals surface area contributed by atoms with Crippen molar-refractivity contribution in [2.75, 3.05) is 7.11 Å². The molecule has 8 nitrogen and oxygen atoms in total. The molecule has 28 heavy (non-hydrogen) atoms. The second-order valence-electron chi connectivity index (χ2n) is 6.89. The van der Waals surface area contributed by atoms with Crippen molar-refractivity contribution in [3.63, 3.8) is 0 Å². The molecule has 1 aromatic carbocycles. The second-order valence-corrected chi connectivity index (χ2v) is 6.89. The van der Waals surface area contributed by atoms with Crippen LogP contribution in [-0.2, 0) is 0 Å². The quantitative estimate of drug-likeness (QED) is 0.678. The number of ether oxygens (including phenoxy) is 1. The Morgan fingerprint density at radius 1 is 1.18 bits per heavy atom. The predicted octanol–water partition coefficient (Wildman–Crippen LogP) is 1.91. The van der Waals surface area contributed by atoms with E-state index in [1.165, 1.54) is 0 Å². The average Bonchev–Trinajstić information content (AvgIpc) is 3.25. The van der Waals surface area contributed by atoms with Crippen molar-refractivity contribution in [3.8, 4) is 11.6 Å². The molecule has 0 saturated heterocycles. The number of aromatic nitrogens is 4. The minimum Gasteiger partial charge on any atom is -0.481 e. The largest absolute Gasteiger partial charge is 0.481 e. The van der Waals surface area contributed by atoms with Crippen LogP contribution in [0, 0.1) is 5.92 Å². The standard InChI is InChI=1S/C20H21N5O3/c1-28-18-7-4-14(10-21-18)19(15-8-17(26)9-15)24-20(27)13-2-5-16(6-3-13)25-11-22-23-12-25/h2-7,10-12,15,17,19,26H,8-9H2,1H3,(H,24,27). The number of pyridine rings is 1. The predicted molar refractivity (Wildman–Crippen MR) is 101 cm³/mol. The van der Waals surface area contributed by atoms with Gasteiger partial charge in [0.1, 0.15) is 12.7 Å². The van der Waals surface area contributed by atoms with Crippen molar-refractivity contribution >= 4 is 5.91 Å². The van der Waals surface area contributed by atoms with E-state index < -0.39 is 0 Å². The normalized spacial score (nSPS) is 19.5. The number of amides is 1. The van der Waals surface area contributed by atoms with Crippen LogP contribution >= 0.6 is 0 Å². The monoisotopic (exact) mass is 379 g/mol. The van der Waals surface area contributed by atoms with E-state index in [2.05, 4.69) is 20.5 Å². The number of hydrogen-bond acceptors (Lipinski definition) is 6. The highest BCUT2D eigenvalue weighted by molar-refractivity contribution is 5.94. The number of methoxy groups -OCH3 is 1. The molecule has 2 heterocycles. The highest BCUT2D eigenvalue weighted by Gasteiger charge is 2.36. The van der Waals surface area contributed by atoms with E-state index in [4.69, 9.17) is 4.74 Å². The molecule has 1 saturated carbocycles. The van der Waals surface area contributed by atoms with E-state index >= 15 is 0 Å². The summed E-state index contributed by atoms with van der Waals surface area (Å²) in [6, 6.07) is 10.7. The molecule has 1 fully saturated rings. The van der Waals surface area contributed by atoms with E-state index in [1.807, 2.05) is 18.2 Å². The minimum atomic E-state index is -0.307. The van der Waals surface area contributed by atoms with Crippen LogP contribution in [0.25, 0.3) is 5.69 Å². The van der Waals surface area contributed by atoms with Gasteiger partial charge < -0.3 is 15.2 Å². The van der Waals surface area contributed by atoms with Crippen LogP contribution in [0.3, 0.4) is 0 Å². The molecule has 1 amide bonds. The number of carbonyl (C=O) groups is 1. The van der Waals surface area contributed by atoms with Crippen LogP contribution in [0.4, 0.5) is 0 Å². The zero-order chi connectivity index (χ0) is 19.5. The van der Waals surface area contributed by atoms with Crippen molar-refractivity contribution in [3.05, 3.63) is 66.4 Å². The first-order chi connectivity index (χ1) is 13.6. The van der Waals surface area contributed by atoms with E-state index in [0.717, 1.165) is 11.3 Å². The van der Waals surface area contributed by atoms with Gasteiger partial charge in [-0.1, -0.05) is 6.07 Å². The number of benzene rings is 1. The number of carbonyl (C=O) groups excluding carboxylic acids is 1. The Balaban J connectivity index is 1.51. The fourth-order valence-electron chi connectivity index (χ4n) is 3.42. The van der Waals surface area contributed by atoms with E-state index in [9.17, 15) is 9.90 Å². The molecule has 0 radical (unpaired) electrons. The maximum atomic E-state index is 12.8. The van der Waals surface area contributed by atoms with Gasteiger partial charge >= 0.3 is 0 Å². The van der Waals surface area contributed by atoms with Crippen molar-refractivity contribution in [1.82, 2.24) is 25.1 Å². The first kappa shape index (κ1) is 18.1. The summed E-state index contributed by atoms with van der Waals surface area (Å²) in [7, 11) is 1.56. The number of aliphatic hydroxyl groups is 1. The van der Waals surface area contributed by atoms with E-state index in [-0.39, 0.29) is 24.0 Å². The summed E-state index contributed by atoms with van der Waals surface area (Å²) >= 11 is 0. The minimum absolute atomic E-state index is 0.169. The smallest absolute Gasteiger partial charge is 0.251 e. The second kappa shape index (κ2) is 7.77. The molecule has 4 rings (SSSR count). The van der Waals surface area contributed by atoms with E-state index in [1.54, 1.807) is 48.7 Å². The Morgan fingerprint density at radius 3 is 2.46 bits per heavy atom. The molecule has 3 aromatic rings. The number of hydrogen-bond donors (Lipinski definition) is 2. The lowest BCUT2D eigenvalue weighted by molar-refractivity contribution is 0.0234. The van der Waals surface area contributed by atoms with Gasteiger partial charge in [-0.2, -0.15) is 0 Å². The summed E-state index contributed by atoms with van der Waals surface area (Å²) in [6.45, 7) is 0. The summed E-state index contributed by atoms with van der Waals surface area (Å²) in [5.74, 6) is 0.523. The Morgan fingerprint density at radius 2 is 1.89 bits per heavy atom. The third-order valence-corrected chi connectivity index (χ3v) is 5.08.